The summed E-state index contributed by atoms with van der Waals surface area (Å²) in [6.45, 7) is 2.08. The maximum absolute atomic E-state index is 12.2. The summed E-state index contributed by atoms with van der Waals surface area (Å²) in [7, 11) is 0. The zero-order valence-corrected chi connectivity index (χ0v) is 16.5. The first-order chi connectivity index (χ1) is 12.0. The molecule has 0 aliphatic carbocycles. The number of aromatic nitrogens is 1. The van der Waals surface area contributed by atoms with E-state index in [2.05, 4.69) is 38.5 Å². The van der Waals surface area contributed by atoms with Gasteiger partial charge in [-0.1, -0.05) is 52.7 Å². The molecule has 0 unspecified atom stereocenters. The Bertz CT molecular complexity index is 896. The molecule has 3 rings (SSSR count). The lowest BCUT2D eigenvalue weighted by atomic mass is 10.1. The van der Waals surface area contributed by atoms with Gasteiger partial charge in [0, 0.05) is 25.6 Å². The van der Waals surface area contributed by atoms with Crippen molar-refractivity contribution in [2.45, 2.75) is 13.3 Å². The lowest BCUT2D eigenvalue weighted by Gasteiger charge is -2.05. The second kappa shape index (κ2) is 7.99. The number of hydrogen-bond donors (Lipinski definition) is 2. The first-order valence-corrected chi connectivity index (χ1v) is 9.63. The molecule has 0 bridgehead atoms. The average molecular weight is 437 g/mol. The summed E-state index contributed by atoms with van der Waals surface area (Å²) in [5.74, 6) is 0. The number of hydrogen-bond acceptors (Lipinski definition) is 3. The Kier molecular flexibility index (Phi) is 5.73. The van der Waals surface area contributed by atoms with Gasteiger partial charge in [-0.15, -0.1) is 11.3 Å². The number of aryl methyl sites for hydroxylation is 1. The summed E-state index contributed by atoms with van der Waals surface area (Å²) >= 11 is 10.8. The van der Waals surface area contributed by atoms with Crippen LogP contribution in [0.3, 0.4) is 0 Å². The van der Waals surface area contributed by atoms with E-state index in [-0.39, 0.29) is 6.03 Å². The molecule has 0 fully saturated rings. The first kappa shape index (κ1) is 17.9. The molecule has 1 aromatic heterocycles. The van der Waals surface area contributed by atoms with Crippen molar-refractivity contribution in [2.75, 3.05) is 10.6 Å². The molecule has 0 spiro atoms. The SMILES string of the molecule is CCc1sc(NC(=O)Nc2cccc(Cl)c2)nc1-c1ccc(Br)cc1. The fourth-order valence-corrected chi connectivity index (χ4v) is 3.68. The summed E-state index contributed by atoms with van der Waals surface area (Å²) in [5, 5.41) is 6.67. The Balaban J connectivity index is 1.76. The Hall–Kier alpha value is -1.89. The van der Waals surface area contributed by atoms with E-state index in [9.17, 15) is 4.79 Å². The van der Waals surface area contributed by atoms with Crippen LogP contribution in [-0.4, -0.2) is 11.0 Å². The molecule has 0 aliphatic heterocycles. The van der Waals surface area contributed by atoms with Crippen molar-refractivity contribution in [1.29, 1.82) is 0 Å². The van der Waals surface area contributed by atoms with E-state index in [0.717, 1.165) is 27.0 Å². The van der Waals surface area contributed by atoms with Gasteiger partial charge in [-0.3, -0.25) is 5.32 Å². The number of anilines is 2. The van der Waals surface area contributed by atoms with Crippen LogP contribution in [0, 0.1) is 0 Å². The minimum Gasteiger partial charge on any atom is -0.308 e. The molecule has 2 amide bonds. The van der Waals surface area contributed by atoms with E-state index in [4.69, 9.17) is 11.6 Å². The van der Waals surface area contributed by atoms with Gasteiger partial charge in [0.1, 0.15) is 0 Å². The third-order valence-corrected chi connectivity index (χ3v) is 5.32. The number of rotatable bonds is 4. The molecular weight excluding hydrogens is 422 g/mol. The van der Waals surface area contributed by atoms with E-state index in [1.807, 2.05) is 24.3 Å². The van der Waals surface area contributed by atoms with Crippen molar-refractivity contribution in [3.05, 3.63) is 62.9 Å². The molecule has 0 saturated heterocycles. The predicted molar refractivity (Wildman–Crippen MR) is 109 cm³/mol. The van der Waals surface area contributed by atoms with Gasteiger partial charge in [0.05, 0.1) is 5.69 Å². The molecule has 7 heteroatoms. The van der Waals surface area contributed by atoms with Crippen molar-refractivity contribution in [3.63, 3.8) is 0 Å². The molecule has 0 atom stereocenters. The number of carbonyl (C=O) groups is 1. The van der Waals surface area contributed by atoms with Gasteiger partial charge in [-0.2, -0.15) is 0 Å². The molecule has 2 N–H and O–H groups in total. The van der Waals surface area contributed by atoms with E-state index < -0.39 is 0 Å². The van der Waals surface area contributed by atoms with Crippen LogP contribution in [0.2, 0.25) is 5.02 Å². The van der Waals surface area contributed by atoms with Crippen molar-refractivity contribution in [2.24, 2.45) is 0 Å². The third kappa shape index (κ3) is 4.60. The third-order valence-electron chi connectivity index (χ3n) is 3.44. The number of benzene rings is 2. The summed E-state index contributed by atoms with van der Waals surface area (Å²) in [6.07, 6.45) is 0.848. The van der Waals surface area contributed by atoms with E-state index in [0.29, 0.717) is 15.8 Å². The van der Waals surface area contributed by atoms with Crippen LogP contribution in [0.1, 0.15) is 11.8 Å². The van der Waals surface area contributed by atoms with E-state index in [1.54, 1.807) is 24.3 Å². The standard InChI is InChI=1S/C18H15BrClN3OS/c1-2-15-16(11-6-8-12(19)9-7-11)22-18(25-15)23-17(24)21-14-5-3-4-13(20)10-14/h3-10H,2H2,1H3,(H2,21,22,23,24). The van der Waals surface area contributed by atoms with Crippen LogP contribution in [0.25, 0.3) is 11.3 Å². The van der Waals surface area contributed by atoms with Gasteiger partial charge in [0.25, 0.3) is 0 Å². The van der Waals surface area contributed by atoms with E-state index >= 15 is 0 Å². The van der Waals surface area contributed by atoms with Gasteiger partial charge in [-0.25, -0.2) is 9.78 Å². The Labute approximate surface area is 163 Å². The lowest BCUT2D eigenvalue weighted by Crippen LogP contribution is -2.19. The summed E-state index contributed by atoms with van der Waals surface area (Å²) in [4.78, 5) is 17.9. The molecule has 3 aromatic rings. The van der Waals surface area contributed by atoms with E-state index in [1.165, 1.54) is 11.3 Å². The minimum atomic E-state index is -0.346. The Morgan fingerprint density at radius 3 is 2.64 bits per heavy atom. The van der Waals surface area contributed by atoms with Crippen LogP contribution in [0.15, 0.2) is 53.0 Å². The van der Waals surface area contributed by atoms with Gasteiger partial charge in [0.15, 0.2) is 5.13 Å². The summed E-state index contributed by atoms with van der Waals surface area (Å²) in [6, 6.07) is 14.6. The lowest BCUT2D eigenvalue weighted by molar-refractivity contribution is 0.262. The maximum atomic E-state index is 12.2. The largest absolute Gasteiger partial charge is 0.325 e. The van der Waals surface area contributed by atoms with Crippen molar-refractivity contribution < 1.29 is 4.79 Å². The van der Waals surface area contributed by atoms with Crippen molar-refractivity contribution in [3.8, 4) is 11.3 Å². The normalized spacial score (nSPS) is 10.5. The zero-order chi connectivity index (χ0) is 17.8. The van der Waals surface area contributed by atoms with Crippen LogP contribution < -0.4 is 10.6 Å². The topological polar surface area (TPSA) is 54.0 Å². The molecule has 25 heavy (non-hydrogen) atoms. The quantitative estimate of drug-likeness (QED) is 0.495. The monoisotopic (exact) mass is 435 g/mol. The van der Waals surface area contributed by atoms with Crippen molar-refractivity contribution >= 4 is 55.7 Å². The Morgan fingerprint density at radius 2 is 1.96 bits per heavy atom. The average Bonchev–Trinajstić information content (AvgIpc) is 2.98. The molecule has 4 nitrogen and oxygen atoms in total. The summed E-state index contributed by atoms with van der Waals surface area (Å²) in [5.41, 5.74) is 2.56. The molecule has 1 heterocycles. The van der Waals surface area contributed by atoms with Crippen molar-refractivity contribution in [1.82, 2.24) is 4.98 Å². The minimum absolute atomic E-state index is 0.346. The molecule has 0 saturated carbocycles. The highest BCUT2D eigenvalue weighted by Crippen LogP contribution is 2.32. The fourth-order valence-electron chi connectivity index (χ4n) is 2.30. The maximum Gasteiger partial charge on any atom is 0.325 e. The predicted octanol–water partition coefficient (Wildman–Crippen LogP) is 6.43. The summed E-state index contributed by atoms with van der Waals surface area (Å²) < 4.78 is 1.02. The van der Waals surface area contributed by atoms with Gasteiger partial charge in [0.2, 0.25) is 0 Å². The van der Waals surface area contributed by atoms with Crippen LogP contribution in [0.4, 0.5) is 15.6 Å². The number of halogens is 2. The van der Waals surface area contributed by atoms with Crippen LogP contribution >= 0.6 is 38.9 Å². The second-order valence-electron chi connectivity index (χ2n) is 5.24. The molecule has 128 valence electrons. The highest BCUT2D eigenvalue weighted by molar-refractivity contribution is 9.10. The Morgan fingerprint density at radius 1 is 1.20 bits per heavy atom. The molecule has 2 aromatic carbocycles. The van der Waals surface area contributed by atoms with Gasteiger partial charge < -0.3 is 5.32 Å². The second-order valence-corrected chi connectivity index (χ2v) is 7.68. The number of thiazole rings is 1. The number of nitrogens with zero attached hydrogens (tertiary/aromatic N) is 1. The first-order valence-electron chi connectivity index (χ1n) is 7.64. The number of nitrogens with one attached hydrogen (secondary N) is 2. The van der Waals surface area contributed by atoms with Gasteiger partial charge in [-0.05, 0) is 36.8 Å². The fraction of sp³-hybridized carbons (Fsp3) is 0.111. The number of amides is 2. The van der Waals surface area contributed by atoms with Gasteiger partial charge >= 0.3 is 6.03 Å². The zero-order valence-electron chi connectivity index (χ0n) is 13.3. The number of carbonyl (C=O) groups excluding carboxylic acids is 1. The smallest absolute Gasteiger partial charge is 0.308 e. The molecular formula is C18H15BrClN3OS. The molecule has 0 radical (unpaired) electrons. The number of urea groups is 1. The van der Waals surface area contributed by atoms with Crippen LogP contribution in [0.5, 0.6) is 0 Å². The highest BCUT2D eigenvalue weighted by Gasteiger charge is 2.14. The van der Waals surface area contributed by atoms with Crippen LogP contribution in [-0.2, 0) is 6.42 Å². The molecule has 0 aliphatic rings. The highest BCUT2D eigenvalue weighted by atomic mass is 79.9.